The smallest absolute Gasteiger partial charge is 0.331 e. The molecular formula is C14H16N2O5S2. The Hall–Kier alpha value is -1.48. The van der Waals surface area contributed by atoms with Crippen molar-refractivity contribution in [1.29, 1.82) is 0 Å². The molecule has 9 heteroatoms. The van der Waals surface area contributed by atoms with Crippen LogP contribution in [0.5, 0.6) is 0 Å². The molecular weight excluding hydrogens is 340 g/mol. The number of carbonyl (C=O) groups excluding carboxylic acids is 3. The van der Waals surface area contributed by atoms with Gasteiger partial charge in [-0.2, -0.15) is 4.90 Å². The molecule has 1 saturated carbocycles. The zero-order valence-corrected chi connectivity index (χ0v) is 13.8. The fourth-order valence-corrected chi connectivity index (χ4v) is 6.47. The highest BCUT2D eigenvalue weighted by atomic mass is 33.1. The lowest BCUT2D eigenvalue weighted by molar-refractivity contribution is -0.138. The molecule has 0 spiro atoms. The van der Waals surface area contributed by atoms with Crippen molar-refractivity contribution in [3.8, 4) is 0 Å². The molecule has 2 heterocycles. The minimum Gasteiger partial charge on any atom is -0.481 e. The number of imide groups is 3. The molecule has 2 aliphatic heterocycles. The zero-order valence-electron chi connectivity index (χ0n) is 12.1. The Morgan fingerprint density at radius 2 is 1.91 bits per heavy atom. The second-order valence-corrected chi connectivity index (χ2v) is 8.55. The number of nitrogens with one attached hydrogen (secondary N) is 1. The Kier molecular flexibility index (Phi) is 4.67. The summed E-state index contributed by atoms with van der Waals surface area (Å²) in [4.78, 5) is 46.8. The maximum Gasteiger partial charge on any atom is 0.331 e. The van der Waals surface area contributed by atoms with E-state index in [0.29, 0.717) is 28.2 Å². The fraction of sp³-hybridized carbons (Fsp3) is 0.571. The number of carboxylic acid groups (broad SMARTS) is 1. The lowest BCUT2D eigenvalue weighted by Crippen LogP contribution is -2.48. The lowest BCUT2D eigenvalue weighted by Gasteiger charge is -2.38. The van der Waals surface area contributed by atoms with Gasteiger partial charge in [0.2, 0.25) is 0 Å². The monoisotopic (exact) mass is 356 g/mol. The summed E-state index contributed by atoms with van der Waals surface area (Å²) in [5.74, 6) is -1.96. The predicted molar refractivity (Wildman–Crippen MR) is 85.7 cm³/mol. The van der Waals surface area contributed by atoms with E-state index in [0.717, 1.165) is 18.6 Å². The molecule has 124 valence electrons. The van der Waals surface area contributed by atoms with E-state index in [1.54, 1.807) is 21.6 Å². The van der Waals surface area contributed by atoms with Crippen LogP contribution >= 0.6 is 21.6 Å². The van der Waals surface area contributed by atoms with Crippen molar-refractivity contribution in [2.24, 2.45) is 5.92 Å². The van der Waals surface area contributed by atoms with Crippen LogP contribution < -0.4 is 5.32 Å². The van der Waals surface area contributed by atoms with Crippen molar-refractivity contribution < 1.29 is 24.3 Å². The van der Waals surface area contributed by atoms with Crippen LogP contribution in [0.1, 0.15) is 25.7 Å². The standard InChI is InChI=1S/C14H16N2O5S2/c17-10-3-4-11(18)16(10)14(21)15-8-2-1-7(5-12(19)20)13-9(6-8)22-23-13/h3-4,7-9,13H,1-2,5-6H2,(H,15,21)(H,19,20). The summed E-state index contributed by atoms with van der Waals surface area (Å²) in [5, 5.41) is 12.4. The molecule has 0 aromatic heterocycles. The molecule has 1 saturated heterocycles. The maximum absolute atomic E-state index is 12.1. The van der Waals surface area contributed by atoms with E-state index in [-0.39, 0.29) is 18.4 Å². The number of amides is 4. The zero-order chi connectivity index (χ0) is 16.6. The highest BCUT2D eigenvalue weighted by molar-refractivity contribution is 8.80. The van der Waals surface area contributed by atoms with Crippen molar-refractivity contribution >= 4 is 45.4 Å². The minimum atomic E-state index is -0.798. The number of aliphatic carboxylic acids is 1. The van der Waals surface area contributed by atoms with Gasteiger partial charge in [0.05, 0.1) is 0 Å². The number of fused-ring (bicyclic) bond motifs is 1. The van der Waals surface area contributed by atoms with Gasteiger partial charge in [-0.25, -0.2) is 4.79 Å². The van der Waals surface area contributed by atoms with Crippen LogP contribution in [0.2, 0.25) is 0 Å². The molecule has 0 bridgehead atoms. The van der Waals surface area contributed by atoms with E-state index in [4.69, 9.17) is 5.11 Å². The Bertz CT molecular complexity index is 576. The van der Waals surface area contributed by atoms with E-state index in [1.165, 1.54) is 0 Å². The first-order valence-corrected chi connectivity index (χ1v) is 9.64. The number of hydrogen-bond acceptors (Lipinski definition) is 6. The molecule has 0 radical (unpaired) electrons. The molecule has 3 rings (SSSR count). The number of nitrogens with zero attached hydrogens (tertiary/aromatic N) is 1. The molecule has 1 aliphatic carbocycles. The Balaban J connectivity index is 1.61. The molecule has 4 amide bonds. The van der Waals surface area contributed by atoms with E-state index >= 15 is 0 Å². The van der Waals surface area contributed by atoms with Gasteiger partial charge in [0, 0.05) is 35.1 Å². The summed E-state index contributed by atoms with van der Waals surface area (Å²) in [7, 11) is 3.42. The van der Waals surface area contributed by atoms with Crippen molar-refractivity contribution in [2.75, 3.05) is 0 Å². The van der Waals surface area contributed by atoms with Gasteiger partial charge in [-0.1, -0.05) is 21.6 Å². The summed E-state index contributed by atoms with van der Waals surface area (Å²) in [5.41, 5.74) is 0. The molecule has 3 aliphatic rings. The van der Waals surface area contributed by atoms with Gasteiger partial charge in [0.1, 0.15) is 0 Å². The number of carboxylic acids is 1. The van der Waals surface area contributed by atoms with Gasteiger partial charge in [-0.3, -0.25) is 14.4 Å². The van der Waals surface area contributed by atoms with Gasteiger partial charge in [0.15, 0.2) is 0 Å². The largest absolute Gasteiger partial charge is 0.481 e. The highest BCUT2D eigenvalue weighted by Crippen LogP contribution is 2.55. The normalized spacial score (nSPS) is 33.0. The average molecular weight is 356 g/mol. The van der Waals surface area contributed by atoms with Crippen LogP contribution in [-0.2, 0) is 14.4 Å². The third kappa shape index (κ3) is 3.40. The van der Waals surface area contributed by atoms with Crippen molar-refractivity contribution in [3.63, 3.8) is 0 Å². The Labute approximate surface area is 140 Å². The fourth-order valence-electron chi connectivity index (χ4n) is 3.14. The number of rotatable bonds is 3. The summed E-state index contributed by atoms with van der Waals surface area (Å²) in [6, 6.07) is -0.844. The topological polar surface area (TPSA) is 104 Å². The SMILES string of the molecule is O=C(O)CC1CCC(NC(=O)N2C(=O)C=CC2=O)CC2SSC12. The molecule has 0 aromatic rings. The average Bonchev–Trinajstić information content (AvgIpc) is 2.73. The summed E-state index contributed by atoms with van der Waals surface area (Å²) >= 11 is 0. The number of carbonyl (C=O) groups is 4. The predicted octanol–water partition coefficient (Wildman–Crippen LogP) is 1.40. The van der Waals surface area contributed by atoms with Crippen molar-refractivity contribution in [1.82, 2.24) is 10.2 Å². The van der Waals surface area contributed by atoms with Crippen LogP contribution in [0.3, 0.4) is 0 Å². The second kappa shape index (κ2) is 6.56. The summed E-state index contributed by atoms with van der Waals surface area (Å²) < 4.78 is 0. The number of hydrogen-bond donors (Lipinski definition) is 2. The third-order valence-electron chi connectivity index (χ3n) is 4.30. The van der Waals surface area contributed by atoms with Gasteiger partial charge < -0.3 is 10.4 Å². The van der Waals surface area contributed by atoms with Crippen LogP contribution in [-0.4, -0.2) is 50.4 Å². The van der Waals surface area contributed by atoms with Crippen molar-refractivity contribution in [2.45, 2.75) is 42.2 Å². The van der Waals surface area contributed by atoms with Gasteiger partial charge in [-0.05, 0) is 25.2 Å². The molecule has 2 N–H and O–H groups in total. The quantitative estimate of drug-likeness (QED) is 0.582. The molecule has 23 heavy (non-hydrogen) atoms. The van der Waals surface area contributed by atoms with E-state index in [1.807, 2.05) is 0 Å². The highest BCUT2D eigenvalue weighted by Gasteiger charge is 2.44. The van der Waals surface area contributed by atoms with E-state index in [2.05, 4.69) is 5.32 Å². The first-order chi connectivity index (χ1) is 11.0. The molecule has 7 nitrogen and oxygen atoms in total. The van der Waals surface area contributed by atoms with Crippen molar-refractivity contribution in [3.05, 3.63) is 12.2 Å². The Morgan fingerprint density at radius 1 is 1.22 bits per heavy atom. The first-order valence-electron chi connectivity index (χ1n) is 7.36. The molecule has 4 atom stereocenters. The van der Waals surface area contributed by atoms with E-state index < -0.39 is 23.8 Å². The van der Waals surface area contributed by atoms with Gasteiger partial charge in [0.25, 0.3) is 11.8 Å². The van der Waals surface area contributed by atoms with Gasteiger partial charge in [-0.15, -0.1) is 0 Å². The van der Waals surface area contributed by atoms with Crippen LogP contribution in [0, 0.1) is 5.92 Å². The minimum absolute atomic E-state index is 0.0994. The first kappa shape index (κ1) is 16.4. The summed E-state index contributed by atoms with van der Waals surface area (Å²) in [6.07, 6.45) is 4.39. The van der Waals surface area contributed by atoms with Crippen LogP contribution in [0.4, 0.5) is 4.79 Å². The van der Waals surface area contributed by atoms with Gasteiger partial charge >= 0.3 is 12.0 Å². The summed E-state index contributed by atoms with van der Waals surface area (Å²) in [6.45, 7) is 0. The third-order valence-corrected chi connectivity index (χ3v) is 7.99. The second-order valence-electron chi connectivity index (χ2n) is 5.86. The van der Waals surface area contributed by atoms with E-state index in [9.17, 15) is 19.2 Å². The molecule has 2 fully saturated rings. The lowest BCUT2D eigenvalue weighted by atomic mass is 9.96. The maximum atomic E-state index is 12.1. The number of urea groups is 1. The Morgan fingerprint density at radius 3 is 2.48 bits per heavy atom. The van der Waals surface area contributed by atoms with Crippen LogP contribution in [0.25, 0.3) is 0 Å². The molecule has 4 unspecified atom stereocenters. The molecule has 0 aromatic carbocycles. The van der Waals surface area contributed by atoms with Crippen LogP contribution in [0.15, 0.2) is 12.2 Å².